The molecule has 0 radical (unpaired) electrons. The lowest BCUT2D eigenvalue weighted by Crippen LogP contribution is -1.97. The maximum absolute atomic E-state index is 9.37. The van der Waals surface area contributed by atoms with Gasteiger partial charge in [-0.15, -0.1) is 0 Å². The first-order chi connectivity index (χ1) is 10.7. The largest absolute Gasteiger partial charge is 0.354 e. The molecule has 3 aromatic rings. The van der Waals surface area contributed by atoms with Gasteiger partial charge < -0.3 is 5.32 Å². The third-order valence-electron chi connectivity index (χ3n) is 3.54. The molecule has 0 atom stereocenters. The Hall–Kier alpha value is -3.12. The van der Waals surface area contributed by atoms with E-state index in [1.165, 1.54) is 0 Å². The zero-order valence-electron chi connectivity index (χ0n) is 12.3. The Morgan fingerprint density at radius 2 is 2.09 bits per heavy atom. The van der Waals surface area contributed by atoms with Gasteiger partial charge in [-0.3, -0.25) is 4.98 Å². The molecule has 1 aromatic heterocycles. The van der Waals surface area contributed by atoms with Crippen molar-refractivity contribution < 1.29 is 0 Å². The average molecular weight is 285 g/mol. The van der Waals surface area contributed by atoms with Gasteiger partial charge in [0.2, 0.25) is 0 Å². The van der Waals surface area contributed by atoms with Gasteiger partial charge in [-0.1, -0.05) is 36.9 Å². The predicted octanol–water partition coefficient (Wildman–Crippen LogP) is 4.80. The lowest BCUT2D eigenvalue weighted by molar-refractivity contribution is 1.35. The second kappa shape index (κ2) is 5.71. The van der Waals surface area contributed by atoms with Crippen molar-refractivity contribution in [2.24, 2.45) is 0 Å². The summed E-state index contributed by atoms with van der Waals surface area (Å²) in [5.74, 6) is 0. The molecule has 0 bridgehead atoms. The first kappa shape index (κ1) is 13.8. The molecule has 2 aromatic carbocycles. The third-order valence-corrected chi connectivity index (χ3v) is 3.54. The third kappa shape index (κ3) is 2.55. The summed E-state index contributed by atoms with van der Waals surface area (Å²) in [6.07, 6.45) is 3.41. The molecule has 1 heterocycles. The van der Waals surface area contributed by atoms with Crippen LogP contribution in [0.2, 0.25) is 0 Å². The van der Waals surface area contributed by atoms with E-state index < -0.39 is 0 Å². The van der Waals surface area contributed by atoms with Gasteiger partial charge in [-0.25, -0.2) is 0 Å². The number of benzene rings is 2. The van der Waals surface area contributed by atoms with E-state index in [0.29, 0.717) is 5.56 Å². The van der Waals surface area contributed by atoms with Crippen LogP contribution in [0, 0.1) is 18.3 Å². The van der Waals surface area contributed by atoms with E-state index in [4.69, 9.17) is 0 Å². The number of pyridine rings is 1. The summed E-state index contributed by atoms with van der Waals surface area (Å²) in [4.78, 5) is 4.37. The molecule has 0 aliphatic heterocycles. The summed E-state index contributed by atoms with van der Waals surface area (Å²) in [6.45, 7) is 5.81. The van der Waals surface area contributed by atoms with Crippen LogP contribution >= 0.6 is 0 Å². The topological polar surface area (TPSA) is 48.7 Å². The fourth-order valence-corrected chi connectivity index (χ4v) is 2.41. The van der Waals surface area contributed by atoms with E-state index in [0.717, 1.165) is 33.4 Å². The number of nitrogens with zero attached hydrogens (tertiary/aromatic N) is 2. The fraction of sp³-hybridized carbons (Fsp3) is 0.0526. The molecule has 0 aliphatic rings. The van der Waals surface area contributed by atoms with Gasteiger partial charge >= 0.3 is 0 Å². The minimum Gasteiger partial charge on any atom is -0.354 e. The van der Waals surface area contributed by atoms with Crippen molar-refractivity contribution in [3.63, 3.8) is 0 Å². The summed E-state index contributed by atoms with van der Waals surface area (Å²) in [6, 6.07) is 16.1. The number of hydrogen-bond acceptors (Lipinski definition) is 3. The highest BCUT2D eigenvalue weighted by Crippen LogP contribution is 2.29. The summed E-state index contributed by atoms with van der Waals surface area (Å²) >= 11 is 0. The van der Waals surface area contributed by atoms with Crippen LogP contribution in [-0.2, 0) is 0 Å². The number of rotatable bonds is 3. The van der Waals surface area contributed by atoms with Gasteiger partial charge in [0.1, 0.15) is 6.07 Å². The van der Waals surface area contributed by atoms with Crippen molar-refractivity contribution in [2.45, 2.75) is 6.92 Å². The van der Waals surface area contributed by atoms with Crippen LogP contribution in [0.3, 0.4) is 0 Å². The van der Waals surface area contributed by atoms with Crippen LogP contribution in [0.1, 0.15) is 16.7 Å². The number of nitriles is 1. The number of aryl methyl sites for hydroxylation is 1. The van der Waals surface area contributed by atoms with Gasteiger partial charge in [0.05, 0.1) is 16.8 Å². The Balaban J connectivity index is 2.15. The van der Waals surface area contributed by atoms with Gasteiger partial charge in [-0.05, 0) is 36.2 Å². The van der Waals surface area contributed by atoms with Gasteiger partial charge in [-0.2, -0.15) is 5.26 Å². The molecule has 3 nitrogen and oxygen atoms in total. The quantitative estimate of drug-likeness (QED) is 0.751. The van der Waals surface area contributed by atoms with Crippen LogP contribution in [0.4, 0.5) is 11.4 Å². The summed E-state index contributed by atoms with van der Waals surface area (Å²) in [7, 11) is 0. The second-order valence-electron chi connectivity index (χ2n) is 5.13. The van der Waals surface area contributed by atoms with Crippen molar-refractivity contribution in [1.82, 2.24) is 4.98 Å². The molecule has 0 fully saturated rings. The molecular formula is C19H15N3. The summed E-state index contributed by atoms with van der Waals surface area (Å²) in [5.41, 5.74) is 5.28. The lowest BCUT2D eigenvalue weighted by Gasteiger charge is -2.12. The van der Waals surface area contributed by atoms with E-state index in [1.54, 1.807) is 12.3 Å². The Morgan fingerprint density at radius 3 is 2.86 bits per heavy atom. The first-order valence-corrected chi connectivity index (χ1v) is 7.00. The summed E-state index contributed by atoms with van der Waals surface area (Å²) < 4.78 is 0. The SMILES string of the molecule is C=Cc1cccc(Nc2c(C#N)cnc3cc(C)ccc23)c1. The monoisotopic (exact) mass is 285 g/mol. The highest BCUT2D eigenvalue weighted by atomic mass is 14.9. The molecule has 3 rings (SSSR count). The minimum atomic E-state index is 0.528. The van der Waals surface area contributed by atoms with Crippen molar-refractivity contribution in [3.8, 4) is 6.07 Å². The van der Waals surface area contributed by atoms with Crippen LogP contribution in [0.5, 0.6) is 0 Å². The molecule has 3 heteroatoms. The van der Waals surface area contributed by atoms with Crippen LogP contribution in [0.25, 0.3) is 17.0 Å². The normalized spacial score (nSPS) is 10.2. The molecule has 1 N–H and O–H groups in total. The van der Waals surface area contributed by atoms with Gasteiger partial charge in [0.25, 0.3) is 0 Å². The van der Waals surface area contributed by atoms with Crippen molar-refractivity contribution in [3.05, 3.63) is 71.9 Å². The molecule has 0 saturated heterocycles. The average Bonchev–Trinajstić information content (AvgIpc) is 2.55. The Labute approximate surface area is 129 Å². The molecule has 0 amide bonds. The van der Waals surface area contributed by atoms with Crippen LogP contribution in [-0.4, -0.2) is 4.98 Å². The van der Waals surface area contributed by atoms with Crippen molar-refractivity contribution in [1.29, 1.82) is 5.26 Å². The Kier molecular flexibility index (Phi) is 3.59. The lowest BCUT2D eigenvalue weighted by atomic mass is 10.1. The second-order valence-corrected chi connectivity index (χ2v) is 5.13. The first-order valence-electron chi connectivity index (χ1n) is 7.00. The minimum absolute atomic E-state index is 0.528. The van der Waals surface area contributed by atoms with Crippen molar-refractivity contribution in [2.75, 3.05) is 5.32 Å². The zero-order valence-corrected chi connectivity index (χ0v) is 12.3. The number of aromatic nitrogens is 1. The summed E-state index contributed by atoms with van der Waals surface area (Å²) in [5, 5.41) is 13.7. The molecule has 106 valence electrons. The molecule has 0 unspecified atom stereocenters. The Bertz CT molecular complexity index is 904. The molecule has 22 heavy (non-hydrogen) atoms. The van der Waals surface area contributed by atoms with E-state index in [1.807, 2.05) is 49.4 Å². The van der Waals surface area contributed by atoms with Crippen LogP contribution in [0.15, 0.2) is 55.2 Å². The zero-order chi connectivity index (χ0) is 15.5. The maximum atomic E-state index is 9.37. The standard InChI is InChI=1S/C19H15N3/c1-3-14-5-4-6-16(10-14)22-19-15(11-20)12-21-18-9-13(2)7-8-17(18)19/h3-10,12H,1H2,2H3,(H,21,22). The fourth-order valence-electron chi connectivity index (χ4n) is 2.41. The number of nitrogens with one attached hydrogen (secondary N) is 1. The molecule has 0 aliphatic carbocycles. The maximum Gasteiger partial charge on any atom is 0.103 e. The number of anilines is 2. The predicted molar refractivity (Wildman–Crippen MR) is 91.0 cm³/mol. The van der Waals surface area contributed by atoms with E-state index in [-0.39, 0.29) is 0 Å². The highest BCUT2D eigenvalue weighted by Gasteiger charge is 2.09. The highest BCUT2D eigenvalue weighted by molar-refractivity contribution is 5.96. The van der Waals surface area contributed by atoms with E-state index in [9.17, 15) is 5.26 Å². The number of fused-ring (bicyclic) bond motifs is 1. The molecule has 0 saturated carbocycles. The smallest absolute Gasteiger partial charge is 0.103 e. The van der Waals surface area contributed by atoms with Gasteiger partial charge in [0, 0.05) is 17.3 Å². The molecule has 0 spiro atoms. The van der Waals surface area contributed by atoms with E-state index in [2.05, 4.69) is 22.9 Å². The Morgan fingerprint density at radius 1 is 1.23 bits per heavy atom. The van der Waals surface area contributed by atoms with E-state index >= 15 is 0 Å². The van der Waals surface area contributed by atoms with Crippen LogP contribution < -0.4 is 5.32 Å². The molecular weight excluding hydrogens is 270 g/mol. The number of hydrogen-bond donors (Lipinski definition) is 1. The van der Waals surface area contributed by atoms with Gasteiger partial charge in [0.15, 0.2) is 0 Å². The van der Waals surface area contributed by atoms with Crippen molar-refractivity contribution >= 4 is 28.4 Å².